The predicted molar refractivity (Wildman–Crippen MR) is 92.1 cm³/mol. The molecule has 2 rings (SSSR count). The molecule has 2 heterocycles. The van der Waals surface area contributed by atoms with Gasteiger partial charge in [0, 0.05) is 36.3 Å². The van der Waals surface area contributed by atoms with Gasteiger partial charge in [0.25, 0.3) is 0 Å². The standard InChI is InChI=1S/C15H22FN3O3S2/c1-2-7-24(21,22)18-9-13-8-12(16)10-19(13)15(20)11-23-14-3-5-17-6-4-14/h3-6,12-13,18H,2,7-11H2,1H3/t12-,13-/m0/s1. The molecule has 2 atom stereocenters. The van der Waals surface area contributed by atoms with Crippen LogP contribution >= 0.6 is 11.8 Å². The minimum Gasteiger partial charge on any atom is -0.335 e. The van der Waals surface area contributed by atoms with Crippen molar-refractivity contribution in [3.63, 3.8) is 0 Å². The molecule has 0 aliphatic carbocycles. The lowest BCUT2D eigenvalue weighted by Crippen LogP contribution is -2.44. The van der Waals surface area contributed by atoms with Gasteiger partial charge in [-0.25, -0.2) is 17.5 Å². The van der Waals surface area contributed by atoms with Gasteiger partial charge in [-0.3, -0.25) is 9.78 Å². The maximum atomic E-state index is 13.7. The number of alkyl halides is 1. The summed E-state index contributed by atoms with van der Waals surface area (Å²) in [5, 5.41) is 0. The molecule has 0 bridgehead atoms. The van der Waals surface area contributed by atoms with Crippen LogP contribution in [0.3, 0.4) is 0 Å². The average Bonchev–Trinajstić information content (AvgIpc) is 2.93. The zero-order valence-electron chi connectivity index (χ0n) is 13.5. The van der Waals surface area contributed by atoms with Crippen molar-refractivity contribution in [3.8, 4) is 0 Å². The smallest absolute Gasteiger partial charge is 0.233 e. The lowest BCUT2D eigenvalue weighted by Gasteiger charge is -2.24. The van der Waals surface area contributed by atoms with Gasteiger partial charge in [-0.05, 0) is 18.6 Å². The fraction of sp³-hybridized carbons (Fsp3) is 0.600. The Bertz CT molecular complexity index is 643. The molecule has 1 fully saturated rings. The van der Waals surface area contributed by atoms with Crippen LogP contribution in [0.4, 0.5) is 4.39 Å². The molecular weight excluding hydrogens is 353 g/mol. The number of nitrogens with one attached hydrogen (secondary N) is 1. The molecular formula is C15H22FN3O3S2. The van der Waals surface area contributed by atoms with Crippen LogP contribution in [-0.4, -0.2) is 61.0 Å². The van der Waals surface area contributed by atoms with Gasteiger partial charge in [-0.15, -0.1) is 11.8 Å². The lowest BCUT2D eigenvalue weighted by atomic mass is 10.2. The summed E-state index contributed by atoms with van der Waals surface area (Å²) in [7, 11) is -3.36. The number of pyridine rings is 1. The van der Waals surface area contributed by atoms with Gasteiger partial charge < -0.3 is 4.90 Å². The molecule has 0 saturated carbocycles. The number of likely N-dealkylation sites (tertiary alicyclic amines) is 1. The lowest BCUT2D eigenvalue weighted by molar-refractivity contribution is -0.129. The van der Waals surface area contributed by atoms with Gasteiger partial charge in [0.05, 0.1) is 18.1 Å². The number of sulfonamides is 1. The van der Waals surface area contributed by atoms with Crippen molar-refractivity contribution in [3.05, 3.63) is 24.5 Å². The van der Waals surface area contributed by atoms with Crippen LogP contribution < -0.4 is 4.72 Å². The number of carbonyl (C=O) groups excluding carboxylic acids is 1. The first-order chi connectivity index (χ1) is 11.4. The van der Waals surface area contributed by atoms with Crippen LogP contribution in [-0.2, 0) is 14.8 Å². The number of aromatic nitrogens is 1. The number of nitrogens with zero attached hydrogens (tertiary/aromatic N) is 2. The molecule has 1 aliphatic heterocycles. The molecule has 1 aromatic rings. The fourth-order valence-corrected chi connectivity index (χ4v) is 4.48. The van der Waals surface area contributed by atoms with Crippen LogP contribution in [0.1, 0.15) is 19.8 Å². The van der Waals surface area contributed by atoms with Gasteiger partial charge in [0.2, 0.25) is 15.9 Å². The van der Waals surface area contributed by atoms with E-state index >= 15 is 0 Å². The Balaban J connectivity index is 1.90. The number of carbonyl (C=O) groups is 1. The van der Waals surface area contributed by atoms with Crippen molar-refractivity contribution < 1.29 is 17.6 Å². The number of hydrogen-bond donors (Lipinski definition) is 1. The molecule has 1 N–H and O–H groups in total. The van der Waals surface area contributed by atoms with E-state index in [0.29, 0.717) is 6.42 Å². The maximum absolute atomic E-state index is 13.7. The van der Waals surface area contributed by atoms with Crippen molar-refractivity contribution >= 4 is 27.7 Å². The molecule has 1 aromatic heterocycles. The Morgan fingerprint density at radius 2 is 2.17 bits per heavy atom. The monoisotopic (exact) mass is 375 g/mol. The van der Waals surface area contributed by atoms with Crippen LogP contribution in [0, 0.1) is 0 Å². The third kappa shape index (κ3) is 5.71. The molecule has 24 heavy (non-hydrogen) atoms. The summed E-state index contributed by atoms with van der Waals surface area (Å²) in [5.74, 6) is 0.0381. The van der Waals surface area contributed by atoms with Crippen molar-refractivity contribution in [2.75, 3.05) is 24.6 Å². The van der Waals surface area contributed by atoms with Crippen molar-refractivity contribution in [2.45, 2.75) is 36.9 Å². The Labute approximate surface area is 146 Å². The summed E-state index contributed by atoms with van der Waals surface area (Å²) < 4.78 is 39.7. The largest absolute Gasteiger partial charge is 0.335 e. The van der Waals surface area contributed by atoms with Gasteiger partial charge in [-0.1, -0.05) is 6.92 Å². The van der Waals surface area contributed by atoms with Gasteiger partial charge in [-0.2, -0.15) is 0 Å². The summed E-state index contributed by atoms with van der Waals surface area (Å²) in [6.45, 7) is 1.86. The highest BCUT2D eigenvalue weighted by molar-refractivity contribution is 8.00. The van der Waals surface area contributed by atoms with Crippen LogP contribution in [0.15, 0.2) is 29.4 Å². The third-order valence-corrected chi connectivity index (χ3v) is 6.26. The molecule has 6 nitrogen and oxygen atoms in total. The molecule has 9 heteroatoms. The third-order valence-electron chi connectivity index (χ3n) is 3.71. The second kappa shape index (κ2) is 8.77. The number of hydrogen-bond acceptors (Lipinski definition) is 5. The van der Waals surface area contributed by atoms with Crippen molar-refractivity contribution in [1.82, 2.24) is 14.6 Å². The van der Waals surface area contributed by atoms with E-state index in [-0.39, 0.29) is 36.9 Å². The van der Waals surface area contributed by atoms with E-state index in [4.69, 9.17) is 0 Å². The van der Waals surface area contributed by atoms with E-state index in [1.165, 1.54) is 16.7 Å². The van der Waals surface area contributed by atoms with Gasteiger partial charge in [0.15, 0.2) is 0 Å². The minimum atomic E-state index is -3.36. The first-order valence-electron chi connectivity index (χ1n) is 7.85. The second-order valence-corrected chi connectivity index (χ2v) is 8.65. The summed E-state index contributed by atoms with van der Waals surface area (Å²) in [6, 6.07) is 3.17. The molecule has 0 spiro atoms. The molecule has 0 unspecified atom stereocenters. The minimum absolute atomic E-state index is 0.0237. The Morgan fingerprint density at radius 1 is 1.46 bits per heavy atom. The first-order valence-corrected chi connectivity index (χ1v) is 10.5. The van der Waals surface area contributed by atoms with Crippen LogP contribution in [0.5, 0.6) is 0 Å². The number of amides is 1. The fourth-order valence-electron chi connectivity index (χ4n) is 2.58. The summed E-state index contributed by atoms with van der Waals surface area (Å²) in [4.78, 5) is 18.6. The highest BCUT2D eigenvalue weighted by Gasteiger charge is 2.35. The van der Waals surface area contributed by atoms with Crippen molar-refractivity contribution in [2.24, 2.45) is 0 Å². The normalized spacial score (nSPS) is 21.2. The quantitative estimate of drug-likeness (QED) is 0.696. The highest BCUT2D eigenvalue weighted by Crippen LogP contribution is 2.23. The highest BCUT2D eigenvalue weighted by atomic mass is 32.2. The SMILES string of the molecule is CCCS(=O)(=O)NC[C@@H]1C[C@H](F)CN1C(=O)CSc1ccncc1. The molecule has 1 amide bonds. The Hall–Kier alpha value is -1.19. The second-order valence-electron chi connectivity index (χ2n) is 5.67. The molecule has 134 valence electrons. The topological polar surface area (TPSA) is 79.4 Å². The zero-order chi connectivity index (χ0) is 17.6. The van der Waals surface area contributed by atoms with E-state index in [1.54, 1.807) is 31.5 Å². The summed E-state index contributed by atoms with van der Waals surface area (Å²) in [5.41, 5.74) is 0. The molecule has 1 saturated heterocycles. The zero-order valence-corrected chi connectivity index (χ0v) is 15.2. The predicted octanol–water partition coefficient (Wildman–Crippen LogP) is 1.44. The van der Waals surface area contributed by atoms with Crippen LogP contribution in [0.2, 0.25) is 0 Å². The van der Waals surface area contributed by atoms with E-state index < -0.39 is 22.2 Å². The number of rotatable bonds is 8. The van der Waals surface area contributed by atoms with E-state index in [0.717, 1.165) is 4.90 Å². The van der Waals surface area contributed by atoms with Gasteiger partial charge >= 0.3 is 0 Å². The molecule has 1 aliphatic rings. The van der Waals surface area contributed by atoms with E-state index in [2.05, 4.69) is 9.71 Å². The Kier molecular flexibility index (Phi) is 7.00. The van der Waals surface area contributed by atoms with Crippen LogP contribution in [0.25, 0.3) is 0 Å². The molecule has 0 radical (unpaired) electrons. The van der Waals surface area contributed by atoms with E-state index in [9.17, 15) is 17.6 Å². The van der Waals surface area contributed by atoms with Gasteiger partial charge in [0.1, 0.15) is 6.17 Å². The summed E-state index contributed by atoms with van der Waals surface area (Å²) in [6.07, 6.45) is 2.86. The Morgan fingerprint density at radius 3 is 2.83 bits per heavy atom. The first kappa shape index (κ1) is 19.1. The number of halogens is 1. The summed E-state index contributed by atoms with van der Waals surface area (Å²) >= 11 is 1.36. The average molecular weight is 375 g/mol. The molecule has 0 aromatic carbocycles. The van der Waals surface area contributed by atoms with E-state index in [1.807, 2.05) is 0 Å². The van der Waals surface area contributed by atoms with Crippen molar-refractivity contribution in [1.29, 1.82) is 0 Å². The number of thioether (sulfide) groups is 1. The maximum Gasteiger partial charge on any atom is 0.233 e.